The zero-order valence-corrected chi connectivity index (χ0v) is 20.9. The van der Waals surface area contributed by atoms with Gasteiger partial charge in [-0.2, -0.15) is 0 Å². The first-order valence-corrected chi connectivity index (χ1v) is 11.0. The molecule has 2 N–H and O–H groups in total. The van der Waals surface area contributed by atoms with E-state index in [0.717, 1.165) is 12.1 Å². The first kappa shape index (κ1) is 28.8. The zero-order chi connectivity index (χ0) is 23.6. The molecule has 0 aliphatic rings. The highest BCUT2D eigenvalue weighted by molar-refractivity contribution is 5.92. The standard InChI is InChI=1S/C24H46N2O4/c1-18(22(2,3)4)11-12-19(21(28)23(5,6)7)26-20(27)17-30-16-15-29-14-13-25-24(8,9)10/h19,25H,1,11-17H2,2-10H3,(H,26,27). The van der Waals surface area contributed by atoms with Gasteiger partial charge in [0.15, 0.2) is 5.78 Å². The molecule has 1 unspecified atom stereocenters. The van der Waals surface area contributed by atoms with Crippen LogP contribution in [0.4, 0.5) is 0 Å². The van der Waals surface area contributed by atoms with E-state index in [4.69, 9.17) is 9.47 Å². The summed E-state index contributed by atoms with van der Waals surface area (Å²) in [6.45, 7) is 24.4. The fourth-order valence-corrected chi connectivity index (χ4v) is 2.60. The molecule has 6 heteroatoms. The van der Waals surface area contributed by atoms with E-state index in [1.807, 2.05) is 20.8 Å². The molecule has 0 aliphatic carbocycles. The second-order valence-corrected chi connectivity index (χ2v) is 11.0. The van der Waals surface area contributed by atoms with Crippen molar-refractivity contribution in [3.63, 3.8) is 0 Å². The Balaban J connectivity index is 4.38. The molecule has 0 spiro atoms. The SMILES string of the molecule is C=C(CCC(NC(=O)COCCOCCNC(C)(C)C)C(=O)C(C)(C)C)C(C)(C)C. The Morgan fingerprint density at radius 1 is 0.867 bits per heavy atom. The lowest BCUT2D eigenvalue weighted by Gasteiger charge is -2.28. The van der Waals surface area contributed by atoms with Crippen molar-refractivity contribution in [1.29, 1.82) is 0 Å². The highest BCUT2D eigenvalue weighted by Crippen LogP contribution is 2.28. The number of ether oxygens (including phenoxy) is 2. The molecular formula is C24H46N2O4. The molecule has 6 nitrogen and oxygen atoms in total. The van der Waals surface area contributed by atoms with Crippen molar-refractivity contribution < 1.29 is 19.1 Å². The number of Topliss-reactive ketones (excluding diaryl/α,β-unsaturated/α-hetero) is 1. The Kier molecular flexibility index (Phi) is 12.1. The normalized spacial score (nSPS) is 13.8. The maximum absolute atomic E-state index is 12.8. The summed E-state index contributed by atoms with van der Waals surface area (Å²) in [7, 11) is 0. The van der Waals surface area contributed by atoms with Crippen LogP contribution in [0, 0.1) is 10.8 Å². The second-order valence-electron chi connectivity index (χ2n) is 11.0. The number of rotatable bonds is 13. The summed E-state index contributed by atoms with van der Waals surface area (Å²) < 4.78 is 10.9. The third kappa shape index (κ3) is 13.9. The van der Waals surface area contributed by atoms with Gasteiger partial charge in [0.1, 0.15) is 6.61 Å². The lowest BCUT2D eigenvalue weighted by atomic mass is 9.81. The molecule has 0 aromatic carbocycles. The second kappa shape index (κ2) is 12.6. The number of hydrogen-bond acceptors (Lipinski definition) is 5. The minimum Gasteiger partial charge on any atom is -0.378 e. The molecule has 0 heterocycles. The maximum Gasteiger partial charge on any atom is 0.246 e. The molecule has 0 rings (SSSR count). The van der Waals surface area contributed by atoms with Gasteiger partial charge in [-0.15, -0.1) is 0 Å². The molecule has 0 bridgehead atoms. The van der Waals surface area contributed by atoms with Crippen molar-refractivity contribution >= 4 is 11.7 Å². The molecule has 0 saturated heterocycles. The summed E-state index contributed by atoms with van der Waals surface area (Å²) in [5.41, 5.74) is 0.581. The van der Waals surface area contributed by atoms with Crippen LogP contribution in [-0.2, 0) is 19.1 Å². The summed E-state index contributed by atoms with van der Waals surface area (Å²) in [6, 6.07) is -0.542. The number of carbonyl (C=O) groups excluding carboxylic acids is 2. The van der Waals surface area contributed by atoms with E-state index in [-0.39, 0.29) is 29.3 Å². The Morgan fingerprint density at radius 2 is 1.43 bits per heavy atom. The van der Waals surface area contributed by atoms with Crippen molar-refractivity contribution in [2.24, 2.45) is 10.8 Å². The highest BCUT2D eigenvalue weighted by atomic mass is 16.5. The molecule has 0 aliphatic heterocycles. The smallest absolute Gasteiger partial charge is 0.246 e. The minimum absolute atomic E-state index is 0.0206. The van der Waals surface area contributed by atoms with Crippen LogP contribution in [0.1, 0.15) is 75.2 Å². The van der Waals surface area contributed by atoms with E-state index in [1.54, 1.807) is 0 Å². The quantitative estimate of drug-likeness (QED) is 0.345. The van der Waals surface area contributed by atoms with Gasteiger partial charge in [-0.05, 0) is 39.0 Å². The molecule has 0 radical (unpaired) electrons. The van der Waals surface area contributed by atoms with Gasteiger partial charge in [0.05, 0.1) is 25.9 Å². The summed E-state index contributed by atoms with van der Waals surface area (Å²) in [5, 5.41) is 6.19. The van der Waals surface area contributed by atoms with E-state index in [2.05, 4.69) is 58.8 Å². The fraction of sp³-hybridized carbons (Fsp3) is 0.833. The average molecular weight is 427 g/mol. The van der Waals surface area contributed by atoms with Gasteiger partial charge in [0.25, 0.3) is 0 Å². The highest BCUT2D eigenvalue weighted by Gasteiger charge is 2.31. The molecule has 30 heavy (non-hydrogen) atoms. The van der Waals surface area contributed by atoms with Crippen molar-refractivity contribution in [2.45, 2.75) is 86.7 Å². The minimum atomic E-state index is -0.542. The van der Waals surface area contributed by atoms with E-state index in [9.17, 15) is 9.59 Å². The van der Waals surface area contributed by atoms with Gasteiger partial charge in [-0.25, -0.2) is 0 Å². The van der Waals surface area contributed by atoms with Gasteiger partial charge in [-0.1, -0.05) is 53.7 Å². The van der Waals surface area contributed by atoms with Gasteiger partial charge >= 0.3 is 0 Å². The summed E-state index contributed by atoms with van der Waals surface area (Å²) in [4.78, 5) is 25.1. The monoisotopic (exact) mass is 426 g/mol. The van der Waals surface area contributed by atoms with E-state index in [0.29, 0.717) is 32.7 Å². The Labute approximate surface area is 184 Å². The van der Waals surface area contributed by atoms with Crippen LogP contribution >= 0.6 is 0 Å². The summed E-state index contributed by atoms with van der Waals surface area (Å²) >= 11 is 0. The van der Waals surface area contributed by atoms with Gasteiger partial charge in [-0.3, -0.25) is 9.59 Å². The number of ketones is 1. The number of allylic oxidation sites excluding steroid dienone is 1. The largest absolute Gasteiger partial charge is 0.378 e. The van der Waals surface area contributed by atoms with Crippen LogP contribution in [0.15, 0.2) is 12.2 Å². The fourth-order valence-electron chi connectivity index (χ4n) is 2.60. The lowest BCUT2D eigenvalue weighted by Crippen LogP contribution is -2.47. The number of hydrogen-bond donors (Lipinski definition) is 2. The van der Waals surface area contributed by atoms with Crippen molar-refractivity contribution in [2.75, 3.05) is 33.0 Å². The van der Waals surface area contributed by atoms with Gasteiger partial charge in [0, 0.05) is 17.5 Å². The van der Waals surface area contributed by atoms with Crippen LogP contribution < -0.4 is 10.6 Å². The predicted molar refractivity (Wildman–Crippen MR) is 124 cm³/mol. The van der Waals surface area contributed by atoms with Gasteiger partial charge in [0.2, 0.25) is 5.91 Å². The van der Waals surface area contributed by atoms with Crippen LogP contribution in [0.3, 0.4) is 0 Å². The lowest BCUT2D eigenvalue weighted by molar-refractivity contribution is -0.134. The molecule has 0 saturated carbocycles. The topological polar surface area (TPSA) is 76.7 Å². The Bertz CT molecular complexity index is 551. The van der Waals surface area contributed by atoms with Gasteiger partial charge < -0.3 is 20.1 Å². The van der Waals surface area contributed by atoms with E-state index in [1.165, 1.54) is 0 Å². The molecule has 1 atom stereocenters. The van der Waals surface area contributed by atoms with E-state index >= 15 is 0 Å². The molecule has 176 valence electrons. The first-order chi connectivity index (χ1) is 13.5. The molecule has 0 aromatic rings. The number of amides is 1. The number of carbonyl (C=O) groups is 2. The van der Waals surface area contributed by atoms with Crippen molar-refractivity contribution in [3.05, 3.63) is 12.2 Å². The number of nitrogens with one attached hydrogen (secondary N) is 2. The third-order valence-electron chi connectivity index (χ3n) is 4.69. The Morgan fingerprint density at radius 3 is 1.93 bits per heavy atom. The van der Waals surface area contributed by atoms with Crippen LogP contribution in [0.5, 0.6) is 0 Å². The van der Waals surface area contributed by atoms with E-state index < -0.39 is 11.5 Å². The van der Waals surface area contributed by atoms with Crippen molar-refractivity contribution in [3.8, 4) is 0 Å². The summed E-state index contributed by atoms with van der Waals surface area (Å²) in [5.74, 6) is -0.263. The molecular weight excluding hydrogens is 380 g/mol. The summed E-state index contributed by atoms with van der Waals surface area (Å²) in [6.07, 6.45) is 1.23. The molecule has 0 fully saturated rings. The van der Waals surface area contributed by atoms with Crippen LogP contribution in [0.25, 0.3) is 0 Å². The molecule has 0 aromatic heterocycles. The van der Waals surface area contributed by atoms with Crippen molar-refractivity contribution in [1.82, 2.24) is 10.6 Å². The zero-order valence-electron chi connectivity index (χ0n) is 20.9. The molecule has 1 amide bonds. The average Bonchev–Trinajstić information content (AvgIpc) is 2.57. The van der Waals surface area contributed by atoms with Crippen LogP contribution in [0.2, 0.25) is 0 Å². The Hall–Kier alpha value is -1.24. The predicted octanol–water partition coefficient (Wildman–Crippen LogP) is 3.89. The van der Waals surface area contributed by atoms with Crippen LogP contribution in [-0.4, -0.2) is 56.2 Å². The first-order valence-electron chi connectivity index (χ1n) is 11.0. The maximum atomic E-state index is 12.8. The third-order valence-corrected chi connectivity index (χ3v) is 4.69.